The molecule has 0 fully saturated rings. The second-order valence-electron chi connectivity index (χ2n) is 4.72. The molecule has 0 aromatic heterocycles. The molecule has 4 nitrogen and oxygen atoms in total. The Morgan fingerprint density at radius 1 is 0.773 bits per heavy atom. The van der Waals surface area contributed by atoms with Crippen molar-refractivity contribution in [3.8, 4) is 37.0 Å². The van der Waals surface area contributed by atoms with Crippen molar-refractivity contribution in [3.05, 3.63) is 12.7 Å². The molecular weight excluding hydrogens is 280 g/mol. The average molecular weight is 304 g/mol. The summed E-state index contributed by atoms with van der Waals surface area (Å²) in [6, 6.07) is 0. The molecule has 0 N–H and O–H groups in total. The normalized spacial score (nSPS) is 10.4. The highest BCUT2D eigenvalue weighted by Gasteiger charge is 2.32. The molecule has 0 aliphatic heterocycles. The lowest BCUT2D eigenvalue weighted by Gasteiger charge is -2.32. The maximum atomic E-state index is 5.67. The molecule has 22 heavy (non-hydrogen) atoms. The van der Waals surface area contributed by atoms with E-state index in [1.54, 1.807) is 6.08 Å². The van der Waals surface area contributed by atoms with Crippen LogP contribution in [0.3, 0.4) is 0 Å². The van der Waals surface area contributed by atoms with Crippen molar-refractivity contribution < 1.29 is 18.9 Å². The van der Waals surface area contributed by atoms with Gasteiger partial charge in [0, 0.05) is 0 Å². The van der Waals surface area contributed by atoms with Gasteiger partial charge in [0.2, 0.25) is 0 Å². The fourth-order valence-corrected chi connectivity index (χ4v) is 1.68. The van der Waals surface area contributed by atoms with E-state index in [-0.39, 0.29) is 19.8 Å². The third kappa shape index (κ3) is 10.1. The Bertz CT molecular complexity index is 358. The molecule has 0 radical (unpaired) electrons. The SMILES string of the molecule is C#CCOCC(COCC#C)(COCC#C)COCCC=C. The average Bonchev–Trinajstić information content (AvgIpc) is 2.52. The number of hydrogen-bond acceptors (Lipinski definition) is 4. The Morgan fingerprint density at radius 2 is 1.18 bits per heavy atom. The summed E-state index contributed by atoms with van der Waals surface area (Å²) in [5.74, 6) is 7.29. The van der Waals surface area contributed by atoms with E-state index in [2.05, 4.69) is 24.3 Å². The molecule has 0 amide bonds. The van der Waals surface area contributed by atoms with Crippen LogP contribution in [0, 0.1) is 42.4 Å². The molecule has 0 saturated carbocycles. The Balaban J connectivity index is 4.69. The van der Waals surface area contributed by atoms with Gasteiger partial charge < -0.3 is 18.9 Å². The van der Waals surface area contributed by atoms with Gasteiger partial charge in [0.25, 0.3) is 0 Å². The van der Waals surface area contributed by atoms with Gasteiger partial charge in [0.1, 0.15) is 19.8 Å². The van der Waals surface area contributed by atoms with Crippen molar-refractivity contribution in [2.45, 2.75) is 6.42 Å². The van der Waals surface area contributed by atoms with Crippen molar-refractivity contribution >= 4 is 0 Å². The van der Waals surface area contributed by atoms with E-state index in [1.807, 2.05) is 0 Å². The van der Waals surface area contributed by atoms with Crippen molar-refractivity contribution in [1.29, 1.82) is 0 Å². The van der Waals surface area contributed by atoms with Crippen LogP contribution in [0.1, 0.15) is 6.42 Å². The standard InChI is InChI=1S/C18H24O4/c1-5-9-13-22-17-18(14-19-10-6-2,15-20-11-7-3)16-21-12-8-4/h2-5H,1,9-17H2. The molecule has 0 rings (SSSR count). The minimum atomic E-state index is -0.508. The maximum Gasteiger partial charge on any atom is 0.107 e. The molecule has 0 spiro atoms. The van der Waals surface area contributed by atoms with Crippen LogP contribution in [0.4, 0.5) is 0 Å². The first-order chi connectivity index (χ1) is 10.7. The van der Waals surface area contributed by atoms with Gasteiger partial charge in [-0.1, -0.05) is 23.8 Å². The van der Waals surface area contributed by atoms with Crippen LogP contribution in [0.25, 0.3) is 0 Å². The van der Waals surface area contributed by atoms with Crippen LogP contribution in [0.2, 0.25) is 0 Å². The van der Waals surface area contributed by atoms with Gasteiger partial charge in [0.15, 0.2) is 0 Å². The van der Waals surface area contributed by atoms with Gasteiger partial charge in [-0.15, -0.1) is 25.8 Å². The van der Waals surface area contributed by atoms with Crippen molar-refractivity contribution in [1.82, 2.24) is 0 Å². The Kier molecular flexibility index (Phi) is 13.1. The third-order valence-corrected chi connectivity index (χ3v) is 2.66. The highest BCUT2D eigenvalue weighted by atomic mass is 16.5. The molecule has 0 heterocycles. The maximum absolute atomic E-state index is 5.67. The van der Waals surface area contributed by atoms with Gasteiger partial charge >= 0.3 is 0 Å². The first-order valence-corrected chi connectivity index (χ1v) is 6.97. The van der Waals surface area contributed by atoms with Gasteiger partial charge in [-0.05, 0) is 6.42 Å². The highest BCUT2D eigenvalue weighted by molar-refractivity contribution is 4.88. The summed E-state index contributed by atoms with van der Waals surface area (Å²) in [4.78, 5) is 0. The summed E-state index contributed by atoms with van der Waals surface area (Å²) >= 11 is 0. The lowest BCUT2D eigenvalue weighted by Crippen LogP contribution is -2.42. The molecule has 0 aromatic carbocycles. The predicted molar refractivity (Wildman–Crippen MR) is 87.0 cm³/mol. The van der Waals surface area contributed by atoms with Crippen molar-refractivity contribution in [3.63, 3.8) is 0 Å². The Morgan fingerprint density at radius 3 is 1.55 bits per heavy atom. The molecule has 0 aromatic rings. The van der Waals surface area contributed by atoms with E-state index in [0.29, 0.717) is 33.0 Å². The van der Waals surface area contributed by atoms with Crippen molar-refractivity contribution in [2.75, 3.05) is 52.9 Å². The van der Waals surface area contributed by atoms with Crippen LogP contribution >= 0.6 is 0 Å². The zero-order valence-electron chi connectivity index (χ0n) is 13.0. The van der Waals surface area contributed by atoms with Crippen LogP contribution in [-0.4, -0.2) is 52.9 Å². The number of hydrogen-bond donors (Lipinski definition) is 0. The molecule has 120 valence electrons. The van der Waals surface area contributed by atoms with Crippen LogP contribution in [0.5, 0.6) is 0 Å². The van der Waals surface area contributed by atoms with E-state index in [4.69, 9.17) is 38.2 Å². The lowest BCUT2D eigenvalue weighted by atomic mass is 9.92. The zero-order chi connectivity index (χ0) is 16.5. The van der Waals surface area contributed by atoms with Crippen LogP contribution in [-0.2, 0) is 18.9 Å². The predicted octanol–water partition coefficient (Wildman–Crippen LogP) is 1.51. The number of ether oxygens (including phenoxy) is 4. The summed E-state index contributed by atoms with van der Waals surface area (Å²) in [5, 5.41) is 0. The highest BCUT2D eigenvalue weighted by Crippen LogP contribution is 2.20. The van der Waals surface area contributed by atoms with Gasteiger partial charge in [0.05, 0.1) is 38.4 Å². The number of rotatable bonds is 14. The largest absolute Gasteiger partial charge is 0.380 e. The van der Waals surface area contributed by atoms with Gasteiger partial charge in [-0.2, -0.15) is 0 Å². The zero-order valence-corrected chi connectivity index (χ0v) is 13.0. The van der Waals surface area contributed by atoms with E-state index in [1.165, 1.54) is 0 Å². The van der Waals surface area contributed by atoms with E-state index < -0.39 is 5.41 Å². The second-order valence-corrected chi connectivity index (χ2v) is 4.72. The molecule has 0 saturated heterocycles. The topological polar surface area (TPSA) is 36.9 Å². The van der Waals surface area contributed by atoms with Crippen LogP contribution in [0.15, 0.2) is 12.7 Å². The molecule has 0 aliphatic rings. The van der Waals surface area contributed by atoms with Gasteiger partial charge in [-0.25, -0.2) is 0 Å². The number of terminal acetylenes is 3. The minimum absolute atomic E-state index is 0.207. The summed E-state index contributed by atoms with van der Waals surface area (Å²) in [6.07, 6.45) is 18.2. The first-order valence-electron chi connectivity index (χ1n) is 6.97. The Labute approximate surface area is 134 Å². The van der Waals surface area contributed by atoms with E-state index in [9.17, 15) is 0 Å². The van der Waals surface area contributed by atoms with Crippen molar-refractivity contribution in [2.24, 2.45) is 5.41 Å². The lowest BCUT2D eigenvalue weighted by molar-refractivity contribution is -0.0954. The minimum Gasteiger partial charge on any atom is -0.380 e. The fraction of sp³-hybridized carbons (Fsp3) is 0.556. The molecule has 4 heteroatoms. The molecule has 0 atom stereocenters. The fourth-order valence-electron chi connectivity index (χ4n) is 1.68. The molecule has 0 bridgehead atoms. The molecular formula is C18H24O4. The second kappa shape index (κ2) is 14.2. The third-order valence-electron chi connectivity index (χ3n) is 2.66. The smallest absolute Gasteiger partial charge is 0.107 e. The molecule has 0 aliphatic carbocycles. The summed E-state index contributed by atoms with van der Waals surface area (Å²) in [6.45, 7) is 6.23. The monoisotopic (exact) mass is 304 g/mol. The summed E-state index contributed by atoms with van der Waals surface area (Å²) in [7, 11) is 0. The summed E-state index contributed by atoms with van der Waals surface area (Å²) in [5.41, 5.74) is -0.508. The molecule has 0 unspecified atom stereocenters. The van der Waals surface area contributed by atoms with E-state index in [0.717, 1.165) is 6.42 Å². The quantitative estimate of drug-likeness (QED) is 0.277. The Hall–Kier alpha value is -1.74. The van der Waals surface area contributed by atoms with Gasteiger partial charge in [-0.3, -0.25) is 0 Å². The van der Waals surface area contributed by atoms with Crippen LogP contribution < -0.4 is 0 Å². The summed E-state index contributed by atoms with van der Waals surface area (Å²) < 4.78 is 22.1. The van der Waals surface area contributed by atoms with E-state index >= 15 is 0 Å². The first kappa shape index (κ1) is 20.3.